The molecule has 2 aromatic heterocycles. The number of hydrogen-bond acceptors (Lipinski definition) is 0. The van der Waals surface area contributed by atoms with E-state index in [4.69, 9.17) is 0 Å². The third-order valence-corrected chi connectivity index (χ3v) is 1.44. The Hall–Kier alpha value is -0.136. The molecule has 0 aliphatic carbocycles. The molecular formula is C12H18NY-. The van der Waals surface area contributed by atoms with Crippen molar-refractivity contribution in [2.45, 2.75) is 20.8 Å². The first-order valence-electron chi connectivity index (χ1n) is 4.69. The molecule has 75 valence electrons. The average Bonchev–Trinajstić information content (AvgIpc) is 2.71. The number of rotatable bonds is 0. The monoisotopic (exact) mass is 265 g/mol. The van der Waals surface area contributed by atoms with E-state index in [-0.39, 0.29) is 32.7 Å². The summed E-state index contributed by atoms with van der Waals surface area (Å²) in [5.74, 6) is 0. The van der Waals surface area contributed by atoms with Gasteiger partial charge in [-0.2, -0.15) is 6.92 Å². The van der Waals surface area contributed by atoms with Gasteiger partial charge in [0.25, 0.3) is 0 Å². The first-order chi connectivity index (χ1) is 6.47. The molecule has 0 aliphatic heterocycles. The van der Waals surface area contributed by atoms with E-state index in [1.807, 2.05) is 44.4 Å². The molecule has 1 nitrogen and oxygen atoms in total. The Balaban J connectivity index is 0. The predicted octanol–water partition coefficient (Wildman–Crippen LogP) is 3.80. The molecular weight excluding hydrogens is 247 g/mol. The van der Waals surface area contributed by atoms with Crippen molar-refractivity contribution >= 4 is 5.52 Å². The summed E-state index contributed by atoms with van der Waals surface area (Å²) in [5.41, 5.74) is 1.25. The summed E-state index contributed by atoms with van der Waals surface area (Å²) in [6.07, 6.45) is 4.07. The van der Waals surface area contributed by atoms with Crippen molar-refractivity contribution in [1.82, 2.24) is 4.40 Å². The van der Waals surface area contributed by atoms with E-state index in [9.17, 15) is 0 Å². The largest absolute Gasteiger partial charge is 0.346 e. The van der Waals surface area contributed by atoms with Gasteiger partial charge in [0.05, 0.1) is 0 Å². The van der Waals surface area contributed by atoms with E-state index in [1.54, 1.807) is 6.92 Å². The Morgan fingerprint density at radius 2 is 1.43 bits per heavy atom. The van der Waals surface area contributed by atoms with E-state index in [0.29, 0.717) is 0 Å². The van der Waals surface area contributed by atoms with Crippen molar-refractivity contribution in [1.29, 1.82) is 0 Å². The number of hydrogen-bond donors (Lipinski definition) is 0. The fourth-order valence-corrected chi connectivity index (χ4v) is 0.980. The average molecular weight is 265 g/mol. The third kappa shape index (κ3) is 4.92. The summed E-state index contributed by atoms with van der Waals surface area (Å²) < 4.78 is 2.08. The zero-order chi connectivity index (χ0) is 10.1. The van der Waals surface area contributed by atoms with Crippen molar-refractivity contribution in [2.75, 3.05) is 0 Å². The molecule has 0 N–H and O–H groups in total. The molecule has 0 saturated heterocycles. The number of nitrogens with zero attached hydrogens (tertiary/aromatic N) is 1. The van der Waals surface area contributed by atoms with Crippen LogP contribution in [0.25, 0.3) is 5.52 Å². The predicted molar refractivity (Wildman–Crippen MR) is 59.8 cm³/mol. The maximum Gasteiger partial charge on any atom is 0.0449 e. The maximum atomic E-state index is 3.25. The molecule has 0 saturated carbocycles. The van der Waals surface area contributed by atoms with Gasteiger partial charge in [-0.3, -0.25) is 0 Å². The normalized spacial score (nSPS) is 7.43. The SMILES string of the molecule is CC.[CH2-]C.[Y].c1ccn2cccc2c1. The van der Waals surface area contributed by atoms with Gasteiger partial charge in [-0.25, -0.2) is 0 Å². The molecule has 0 unspecified atom stereocenters. The van der Waals surface area contributed by atoms with Crippen LogP contribution >= 0.6 is 0 Å². The van der Waals surface area contributed by atoms with Gasteiger partial charge in [0.2, 0.25) is 0 Å². The second-order valence-corrected chi connectivity index (χ2v) is 2.04. The van der Waals surface area contributed by atoms with E-state index in [2.05, 4.69) is 23.5 Å². The Morgan fingerprint density at radius 3 is 2.00 bits per heavy atom. The topological polar surface area (TPSA) is 4.41 Å². The van der Waals surface area contributed by atoms with Gasteiger partial charge in [-0.05, 0) is 24.3 Å². The molecule has 2 aromatic rings. The first-order valence-corrected chi connectivity index (χ1v) is 4.69. The molecule has 0 aliphatic rings. The third-order valence-electron chi connectivity index (χ3n) is 1.44. The summed E-state index contributed by atoms with van der Waals surface area (Å²) in [6, 6.07) is 10.3. The number of pyridine rings is 1. The second kappa shape index (κ2) is 10.9. The fourth-order valence-electron chi connectivity index (χ4n) is 0.980. The van der Waals surface area contributed by atoms with Crippen LogP contribution in [0, 0.1) is 6.92 Å². The molecule has 0 spiro atoms. The van der Waals surface area contributed by atoms with Crippen LogP contribution in [0.3, 0.4) is 0 Å². The Bertz CT molecular complexity index is 284. The number of fused-ring (bicyclic) bond motifs is 1. The van der Waals surface area contributed by atoms with Crippen LogP contribution in [-0.4, -0.2) is 4.40 Å². The van der Waals surface area contributed by atoms with Gasteiger partial charge >= 0.3 is 0 Å². The molecule has 14 heavy (non-hydrogen) atoms. The fraction of sp³-hybridized carbons (Fsp3) is 0.250. The molecule has 2 heteroatoms. The van der Waals surface area contributed by atoms with Crippen LogP contribution in [-0.2, 0) is 32.7 Å². The molecule has 1 radical (unpaired) electrons. The van der Waals surface area contributed by atoms with Crippen molar-refractivity contribution in [2.24, 2.45) is 0 Å². The van der Waals surface area contributed by atoms with Gasteiger partial charge in [0.15, 0.2) is 0 Å². The van der Waals surface area contributed by atoms with Crippen molar-refractivity contribution < 1.29 is 32.7 Å². The minimum atomic E-state index is 0. The number of aromatic nitrogens is 1. The molecule has 0 bridgehead atoms. The van der Waals surface area contributed by atoms with Crippen LogP contribution in [0.15, 0.2) is 42.7 Å². The summed E-state index contributed by atoms with van der Waals surface area (Å²) in [7, 11) is 0. The molecule has 0 aromatic carbocycles. The summed E-state index contributed by atoms with van der Waals surface area (Å²) in [4.78, 5) is 0. The zero-order valence-electron chi connectivity index (χ0n) is 9.27. The molecule has 2 heterocycles. The van der Waals surface area contributed by atoms with E-state index >= 15 is 0 Å². The van der Waals surface area contributed by atoms with Gasteiger partial charge in [0.1, 0.15) is 0 Å². The standard InChI is InChI=1S/C8H7N.C2H6.C2H5.Y/c1-2-6-9-7-3-5-8(9)4-1;2*1-2;/h1-7H;1-2H3;1H2,2H3;/q;;-1;. The van der Waals surface area contributed by atoms with Gasteiger partial charge in [0, 0.05) is 50.6 Å². The molecule has 0 fully saturated rings. The summed E-state index contributed by atoms with van der Waals surface area (Å²) >= 11 is 0. The van der Waals surface area contributed by atoms with E-state index in [1.165, 1.54) is 5.52 Å². The van der Waals surface area contributed by atoms with Crippen LogP contribution in [0.1, 0.15) is 20.8 Å². The first kappa shape index (κ1) is 16.3. The van der Waals surface area contributed by atoms with Crippen molar-refractivity contribution in [3.05, 3.63) is 49.6 Å². The molecule has 0 amide bonds. The Labute approximate surface area is 112 Å². The Kier molecular flexibility index (Phi) is 12.7. The molecule has 0 atom stereocenters. The van der Waals surface area contributed by atoms with Crippen molar-refractivity contribution in [3.8, 4) is 0 Å². The Morgan fingerprint density at radius 1 is 0.929 bits per heavy atom. The van der Waals surface area contributed by atoms with Gasteiger partial charge in [-0.15, -0.1) is 0 Å². The second-order valence-electron chi connectivity index (χ2n) is 2.04. The smallest absolute Gasteiger partial charge is 0.0449 e. The van der Waals surface area contributed by atoms with Gasteiger partial charge in [-0.1, -0.05) is 19.9 Å². The van der Waals surface area contributed by atoms with Gasteiger partial charge < -0.3 is 11.3 Å². The molecule has 2 rings (SSSR count). The minimum absolute atomic E-state index is 0. The van der Waals surface area contributed by atoms with Crippen molar-refractivity contribution in [3.63, 3.8) is 0 Å². The van der Waals surface area contributed by atoms with E-state index in [0.717, 1.165) is 0 Å². The van der Waals surface area contributed by atoms with Crippen LogP contribution in [0.4, 0.5) is 0 Å². The summed E-state index contributed by atoms with van der Waals surface area (Å²) in [5, 5.41) is 0. The van der Waals surface area contributed by atoms with Crippen LogP contribution < -0.4 is 0 Å². The quantitative estimate of drug-likeness (QED) is 0.638. The summed E-state index contributed by atoms with van der Waals surface area (Å²) in [6.45, 7) is 9.00. The zero-order valence-corrected chi connectivity index (χ0v) is 12.1. The van der Waals surface area contributed by atoms with E-state index < -0.39 is 0 Å². The maximum absolute atomic E-state index is 3.25. The minimum Gasteiger partial charge on any atom is -0.346 e. The van der Waals surface area contributed by atoms with Crippen LogP contribution in [0.5, 0.6) is 0 Å². The van der Waals surface area contributed by atoms with Crippen LogP contribution in [0.2, 0.25) is 0 Å².